The summed E-state index contributed by atoms with van der Waals surface area (Å²) in [5.74, 6) is 0. The Balaban J connectivity index is 3.02. The first kappa shape index (κ1) is 6.60. The standard InChI is InChI=1S/C6H4BrN3O/c7-4-3-5-8-2-1-6(11)10(5)9-4/h1-3,9H. The van der Waals surface area contributed by atoms with E-state index in [-0.39, 0.29) is 5.56 Å². The van der Waals surface area contributed by atoms with Crippen molar-refractivity contribution in [3.63, 3.8) is 0 Å². The van der Waals surface area contributed by atoms with E-state index in [2.05, 4.69) is 26.0 Å². The summed E-state index contributed by atoms with van der Waals surface area (Å²) in [5.41, 5.74) is 0.505. The van der Waals surface area contributed by atoms with Crippen LogP contribution in [-0.2, 0) is 0 Å². The molecule has 2 rings (SSSR count). The molecule has 0 saturated carbocycles. The van der Waals surface area contributed by atoms with Gasteiger partial charge in [-0.2, -0.15) is 0 Å². The summed E-state index contributed by atoms with van der Waals surface area (Å²) >= 11 is 3.20. The van der Waals surface area contributed by atoms with Crippen LogP contribution in [0.4, 0.5) is 0 Å². The zero-order valence-electron chi connectivity index (χ0n) is 5.41. The van der Waals surface area contributed by atoms with Gasteiger partial charge in [-0.1, -0.05) is 0 Å². The van der Waals surface area contributed by atoms with Gasteiger partial charge >= 0.3 is 0 Å². The minimum absolute atomic E-state index is 0.110. The van der Waals surface area contributed by atoms with Crippen LogP contribution in [0.15, 0.2) is 27.7 Å². The lowest BCUT2D eigenvalue weighted by molar-refractivity contribution is 0.889. The molecule has 0 bridgehead atoms. The average molecular weight is 214 g/mol. The number of hydrogen-bond donors (Lipinski definition) is 1. The van der Waals surface area contributed by atoms with Gasteiger partial charge in [0.05, 0.1) is 0 Å². The molecule has 0 unspecified atom stereocenters. The smallest absolute Gasteiger partial charge is 0.272 e. The molecule has 2 aromatic heterocycles. The highest BCUT2D eigenvalue weighted by Crippen LogP contribution is 2.06. The minimum atomic E-state index is -0.110. The summed E-state index contributed by atoms with van der Waals surface area (Å²) in [5, 5.41) is 2.79. The monoisotopic (exact) mass is 213 g/mol. The third kappa shape index (κ3) is 0.970. The first-order chi connectivity index (χ1) is 5.27. The van der Waals surface area contributed by atoms with Crippen LogP contribution in [0.3, 0.4) is 0 Å². The summed E-state index contributed by atoms with van der Waals surface area (Å²) in [6.45, 7) is 0. The molecule has 0 radical (unpaired) electrons. The normalized spacial score (nSPS) is 10.6. The molecule has 56 valence electrons. The van der Waals surface area contributed by atoms with E-state index in [0.717, 1.165) is 4.60 Å². The van der Waals surface area contributed by atoms with Crippen molar-refractivity contribution in [2.75, 3.05) is 0 Å². The van der Waals surface area contributed by atoms with E-state index in [1.807, 2.05) is 0 Å². The summed E-state index contributed by atoms with van der Waals surface area (Å²) < 4.78 is 2.11. The molecule has 1 N–H and O–H groups in total. The van der Waals surface area contributed by atoms with Crippen molar-refractivity contribution in [1.29, 1.82) is 0 Å². The lowest BCUT2D eigenvalue weighted by Gasteiger charge is -1.87. The van der Waals surface area contributed by atoms with E-state index >= 15 is 0 Å². The van der Waals surface area contributed by atoms with Crippen LogP contribution >= 0.6 is 15.9 Å². The lowest BCUT2D eigenvalue weighted by atomic mass is 10.6. The number of H-pyrrole nitrogens is 1. The SMILES string of the molecule is O=c1ccnc2cc(Br)[nH]n12. The number of aromatic amines is 1. The first-order valence-corrected chi connectivity index (χ1v) is 3.79. The fraction of sp³-hybridized carbons (Fsp3) is 0. The van der Waals surface area contributed by atoms with Gasteiger partial charge in [0.2, 0.25) is 0 Å². The van der Waals surface area contributed by atoms with Crippen molar-refractivity contribution in [1.82, 2.24) is 14.6 Å². The molecule has 0 fully saturated rings. The van der Waals surface area contributed by atoms with Crippen molar-refractivity contribution >= 4 is 21.6 Å². The number of aromatic nitrogens is 3. The molecular weight excluding hydrogens is 210 g/mol. The number of halogens is 1. The Hall–Kier alpha value is -1.10. The van der Waals surface area contributed by atoms with Crippen LogP contribution in [0, 0.1) is 0 Å². The largest absolute Gasteiger partial charge is 0.283 e. The Morgan fingerprint density at radius 3 is 3.18 bits per heavy atom. The van der Waals surface area contributed by atoms with Crippen molar-refractivity contribution in [3.05, 3.63) is 33.3 Å². The molecule has 4 nitrogen and oxygen atoms in total. The molecule has 11 heavy (non-hydrogen) atoms. The Bertz CT molecular complexity index is 444. The molecule has 0 aliphatic rings. The van der Waals surface area contributed by atoms with Gasteiger partial charge in [0.15, 0.2) is 5.65 Å². The van der Waals surface area contributed by atoms with Gasteiger partial charge in [0.25, 0.3) is 5.56 Å². The van der Waals surface area contributed by atoms with E-state index < -0.39 is 0 Å². The van der Waals surface area contributed by atoms with Crippen molar-refractivity contribution in [2.45, 2.75) is 0 Å². The van der Waals surface area contributed by atoms with Crippen LogP contribution in [0.25, 0.3) is 5.65 Å². The number of rotatable bonds is 0. The topological polar surface area (TPSA) is 50.2 Å². The molecule has 0 amide bonds. The van der Waals surface area contributed by atoms with Gasteiger partial charge in [-0.3, -0.25) is 9.89 Å². The number of nitrogens with one attached hydrogen (secondary N) is 1. The zero-order valence-corrected chi connectivity index (χ0v) is 7.00. The molecule has 5 heteroatoms. The predicted molar refractivity (Wildman–Crippen MR) is 43.5 cm³/mol. The van der Waals surface area contributed by atoms with Gasteiger partial charge in [-0.15, -0.1) is 0 Å². The van der Waals surface area contributed by atoms with Crippen molar-refractivity contribution < 1.29 is 0 Å². The zero-order chi connectivity index (χ0) is 7.84. The van der Waals surface area contributed by atoms with E-state index in [9.17, 15) is 4.79 Å². The predicted octanol–water partition coefficient (Wildman–Crippen LogP) is 0.785. The van der Waals surface area contributed by atoms with Crippen LogP contribution in [0.5, 0.6) is 0 Å². The van der Waals surface area contributed by atoms with Crippen molar-refractivity contribution in [2.24, 2.45) is 0 Å². The summed E-state index contributed by atoms with van der Waals surface area (Å²) in [7, 11) is 0. The molecule has 2 aromatic rings. The van der Waals surface area contributed by atoms with Gasteiger partial charge in [-0.25, -0.2) is 9.50 Å². The number of fused-ring (bicyclic) bond motifs is 1. The number of nitrogens with zero attached hydrogens (tertiary/aromatic N) is 2. The molecule has 2 heterocycles. The maximum absolute atomic E-state index is 11.1. The van der Waals surface area contributed by atoms with Crippen LogP contribution in [-0.4, -0.2) is 14.6 Å². The molecule has 0 aromatic carbocycles. The van der Waals surface area contributed by atoms with Crippen LogP contribution < -0.4 is 5.56 Å². The molecule has 0 atom stereocenters. The number of hydrogen-bond acceptors (Lipinski definition) is 2. The van der Waals surface area contributed by atoms with Crippen molar-refractivity contribution in [3.8, 4) is 0 Å². The molecule has 0 spiro atoms. The maximum Gasteiger partial charge on any atom is 0.272 e. The van der Waals surface area contributed by atoms with Gasteiger partial charge < -0.3 is 0 Å². The second-order valence-corrected chi connectivity index (χ2v) is 2.94. The second kappa shape index (κ2) is 2.20. The quantitative estimate of drug-likeness (QED) is 0.704. The maximum atomic E-state index is 11.1. The van der Waals surface area contributed by atoms with E-state index in [0.29, 0.717) is 5.65 Å². The molecule has 0 saturated heterocycles. The van der Waals surface area contributed by atoms with Crippen LogP contribution in [0.2, 0.25) is 0 Å². The molecule has 0 aliphatic carbocycles. The van der Waals surface area contributed by atoms with E-state index in [1.54, 1.807) is 6.07 Å². The second-order valence-electron chi connectivity index (χ2n) is 2.08. The first-order valence-electron chi connectivity index (χ1n) is 3.00. The van der Waals surface area contributed by atoms with Gasteiger partial charge in [0.1, 0.15) is 4.60 Å². The van der Waals surface area contributed by atoms with E-state index in [4.69, 9.17) is 0 Å². The highest BCUT2D eigenvalue weighted by Gasteiger charge is 1.98. The fourth-order valence-corrected chi connectivity index (χ4v) is 1.27. The molecular formula is C6H4BrN3O. The molecule has 0 aliphatic heterocycles. The Labute approximate surface area is 70.0 Å². The minimum Gasteiger partial charge on any atom is -0.283 e. The van der Waals surface area contributed by atoms with E-state index in [1.165, 1.54) is 16.8 Å². The third-order valence-electron chi connectivity index (χ3n) is 1.35. The van der Waals surface area contributed by atoms with Crippen LogP contribution in [0.1, 0.15) is 0 Å². The average Bonchev–Trinajstić information content (AvgIpc) is 2.31. The summed E-state index contributed by atoms with van der Waals surface area (Å²) in [6.07, 6.45) is 1.48. The lowest BCUT2D eigenvalue weighted by Crippen LogP contribution is -2.12. The third-order valence-corrected chi connectivity index (χ3v) is 1.75. The summed E-state index contributed by atoms with van der Waals surface area (Å²) in [4.78, 5) is 15.0. The van der Waals surface area contributed by atoms with Gasteiger partial charge in [0, 0.05) is 18.3 Å². The Morgan fingerprint density at radius 2 is 2.45 bits per heavy atom. The highest BCUT2D eigenvalue weighted by molar-refractivity contribution is 9.10. The Kier molecular flexibility index (Phi) is 1.32. The fourth-order valence-electron chi connectivity index (χ4n) is 0.889. The highest BCUT2D eigenvalue weighted by atomic mass is 79.9. The Morgan fingerprint density at radius 1 is 1.64 bits per heavy atom. The summed E-state index contributed by atoms with van der Waals surface area (Å²) in [6, 6.07) is 3.14. The van der Waals surface area contributed by atoms with Gasteiger partial charge in [-0.05, 0) is 15.9 Å².